The molecule has 0 saturated heterocycles. The molecule has 6 nitrogen and oxygen atoms in total. The third kappa shape index (κ3) is 4.02. The van der Waals surface area contributed by atoms with E-state index in [9.17, 15) is 13.2 Å². The SMILES string of the molecule is CNCC(C)C(=O)Nc1ccccc1S(=O)(=O)NC. The van der Waals surface area contributed by atoms with Gasteiger partial charge >= 0.3 is 0 Å². The van der Waals surface area contributed by atoms with Crippen molar-refractivity contribution in [2.75, 3.05) is 26.0 Å². The zero-order valence-electron chi connectivity index (χ0n) is 11.2. The predicted molar refractivity (Wildman–Crippen MR) is 74.4 cm³/mol. The van der Waals surface area contributed by atoms with Gasteiger partial charge in [-0.3, -0.25) is 4.79 Å². The standard InChI is InChI=1S/C12H19N3O3S/c1-9(8-13-2)12(16)15-10-6-4-5-7-11(10)19(17,18)14-3/h4-7,9,13-14H,8H2,1-3H3,(H,15,16). The number of carbonyl (C=O) groups excluding carboxylic acids is 1. The van der Waals surface area contributed by atoms with Crippen molar-refractivity contribution in [2.24, 2.45) is 5.92 Å². The molecule has 1 unspecified atom stereocenters. The van der Waals surface area contributed by atoms with Gasteiger partial charge in [0.15, 0.2) is 0 Å². The summed E-state index contributed by atoms with van der Waals surface area (Å²) in [5.74, 6) is -0.483. The van der Waals surface area contributed by atoms with E-state index in [1.165, 1.54) is 13.1 Å². The summed E-state index contributed by atoms with van der Waals surface area (Å²) in [5, 5.41) is 5.54. The van der Waals surface area contributed by atoms with Crippen LogP contribution in [0.4, 0.5) is 5.69 Å². The number of benzene rings is 1. The van der Waals surface area contributed by atoms with Crippen LogP contribution in [0.3, 0.4) is 0 Å². The number of nitrogens with one attached hydrogen (secondary N) is 3. The van der Waals surface area contributed by atoms with Crippen molar-refractivity contribution < 1.29 is 13.2 Å². The highest BCUT2D eigenvalue weighted by atomic mass is 32.2. The van der Waals surface area contributed by atoms with Crippen LogP contribution in [0.15, 0.2) is 29.2 Å². The number of hydrogen-bond acceptors (Lipinski definition) is 4. The van der Waals surface area contributed by atoms with E-state index >= 15 is 0 Å². The quantitative estimate of drug-likeness (QED) is 0.705. The molecule has 0 saturated carbocycles. The maximum Gasteiger partial charge on any atom is 0.242 e. The normalized spacial score (nSPS) is 13.0. The van der Waals surface area contributed by atoms with Crippen molar-refractivity contribution in [1.82, 2.24) is 10.0 Å². The molecule has 0 aliphatic rings. The molecule has 7 heteroatoms. The van der Waals surface area contributed by atoms with Gasteiger partial charge in [-0.2, -0.15) is 0 Å². The van der Waals surface area contributed by atoms with Crippen LogP contribution in [0.5, 0.6) is 0 Å². The monoisotopic (exact) mass is 285 g/mol. The molecule has 1 aromatic carbocycles. The number of carbonyl (C=O) groups is 1. The predicted octanol–water partition coefficient (Wildman–Crippen LogP) is 0.389. The van der Waals surface area contributed by atoms with Gasteiger partial charge in [0.1, 0.15) is 4.90 Å². The minimum absolute atomic E-state index is 0.0579. The van der Waals surface area contributed by atoms with Crippen LogP contribution in [0, 0.1) is 5.92 Å². The summed E-state index contributed by atoms with van der Waals surface area (Å²) in [6.07, 6.45) is 0. The topological polar surface area (TPSA) is 87.3 Å². The van der Waals surface area contributed by atoms with Gasteiger partial charge in [0.05, 0.1) is 5.69 Å². The maximum atomic E-state index is 11.9. The number of anilines is 1. The molecular weight excluding hydrogens is 266 g/mol. The second-order valence-electron chi connectivity index (χ2n) is 4.15. The van der Waals surface area contributed by atoms with Crippen LogP contribution in [0.25, 0.3) is 0 Å². The minimum atomic E-state index is -3.59. The van der Waals surface area contributed by atoms with Crippen molar-refractivity contribution >= 4 is 21.6 Å². The van der Waals surface area contributed by atoms with E-state index in [2.05, 4.69) is 15.4 Å². The van der Waals surface area contributed by atoms with Gasteiger partial charge in [-0.25, -0.2) is 13.1 Å². The van der Waals surface area contributed by atoms with Gasteiger partial charge in [-0.15, -0.1) is 0 Å². The first kappa shape index (κ1) is 15.6. The largest absolute Gasteiger partial charge is 0.325 e. The highest BCUT2D eigenvalue weighted by Crippen LogP contribution is 2.20. The summed E-state index contributed by atoms with van der Waals surface area (Å²) >= 11 is 0. The maximum absolute atomic E-state index is 11.9. The van der Waals surface area contributed by atoms with E-state index < -0.39 is 10.0 Å². The van der Waals surface area contributed by atoms with Crippen LogP contribution in [0.2, 0.25) is 0 Å². The average Bonchev–Trinajstić information content (AvgIpc) is 2.39. The number of rotatable bonds is 6. The van der Waals surface area contributed by atoms with E-state index in [1.807, 2.05) is 0 Å². The third-order valence-corrected chi connectivity index (χ3v) is 4.13. The Morgan fingerprint density at radius 1 is 1.26 bits per heavy atom. The van der Waals surface area contributed by atoms with E-state index in [0.717, 1.165) is 0 Å². The molecule has 1 rings (SSSR count). The van der Waals surface area contributed by atoms with Crippen molar-refractivity contribution in [2.45, 2.75) is 11.8 Å². The highest BCUT2D eigenvalue weighted by molar-refractivity contribution is 7.89. The lowest BCUT2D eigenvalue weighted by Crippen LogP contribution is -2.29. The number of amides is 1. The Labute approximate surface area is 113 Å². The van der Waals surface area contributed by atoms with Crippen LogP contribution in [0.1, 0.15) is 6.92 Å². The first-order chi connectivity index (χ1) is 8.92. The zero-order valence-corrected chi connectivity index (χ0v) is 12.0. The Balaban J connectivity index is 3.00. The molecule has 0 heterocycles. The van der Waals surface area contributed by atoms with Gasteiger partial charge in [0.25, 0.3) is 0 Å². The third-order valence-electron chi connectivity index (χ3n) is 2.66. The van der Waals surface area contributed by atoms with Crippen LogP contribution < -0.4 is 15.4 Å². The van der Waals surface area contributed by atoms with Crippen molar-refractivity contribution in [3.63, 3.8) is 0 Å². The Morgan fingerprint density at radius 3 is 2.47 bits per heavy atom. The highest BCUT2D eigenvalue weighted by Gasteiger charge is 2.19. The summed E-state index contributed by atoms with van der Waals surface area (Å²) in [4.78, 5) is 12.0. The molecule has 0 radical (unpaired) electrons. The molecule has 3 N–H and O–H groups in total. The van der Waals surface area contributed by atoms with E-state index in [4.69, 9.17) is 0 Å². The summed E-state index contributed by atoms with van der Waals surface area (Å²) in [7, 11) is -0.509. The molecule has 0 aliphatic carbocycles. The molecule has 0 fully saturated rings. The minimum Gasteiger partial charge on any atom is -0.325 e. The Bertz CT molecular complexity index is 543. The molecule has 1 atom stereocenters. The molecule has 0 aliphatic heterocycles. The Hall–Kier alpha value is -1.44. The average molecular weight is 285 g/mol. The van der Waals surface area contributed by atoms with E-state index in [0.29, 0.717) is 6.54 Å². The molecule has 19 heavy (non-hydrogen) atoms. The summed E-state index contributed by atoms with van der Waals surface area (Å²) in [6, 6.07) is 6.29. The Kier molecular flexibility index (Phi) is 5.46. The van der Waals surface area contributed by atoms with E-state index in [-0.39, 0.29) is 22.4 Å². The lowest BCUT2D eigenvalue weighted by atomic mass is 10.1. The van der Waals surface area contributed by atoms with Gasteiger partial charge < -0.3 is 10.6 Å². The fourth-order valence-corrected chi connectivity index (χ4v) is 2.46. The summed E-state index contributed by atoms with van der Waals surface area (Å²) in [5.41, 5.74) is 0.282. The summed E-state index contributed by atoms with van der Waals surface area (Å²) in [6.45, 7) is 2.29. The molecule has 0 aromatic heterocycles. The lowest BCUT2D eigenvalue weighted by molar-refractivity contribution is -0.119. The lowest BCUT2D eigenvalue weighted by Gasteiger charge is -2.14. The first-order valence-electron chi connectivity index (χ1n) is 5.90. The second kappa shape index (κ2) is 6.65. The van der Waals surface area contributed by atoms with E-state index in [1.54, 1.807) is 32.2 Å². The number of sulfonamides is 1. The zero-order chi connectivity index (χ0) is 14.5. The molecule has 0 spiro atoms. The molecule has 1 amide bonds. The first-order valence-corrected chi connectivity index (χ1v) is 7.38. The van der Waals surface area contributed by atoms with Gasteiger partial charge in [0.2, 0.25) is 15.9 Å². The molecule has 0 bridgehead atoms. The Morgan fingerprint density at radius 2 is 1.89 bits per heavy atom. The fraction of sp³-hybridized carbons (Fsp3) is 0.417. The van der Waals surface area contributed by atoms with Gasteiger partial charge in [-0.05, 0) is 26.2 Å². The second-order valence-corrected chi connectivity index (χ2v) is 6.01. The van der Waals surface area contributed by atoms with Crippen LogP contribution in [-0.4, -0.2) is 35.0 Å². The van der Waals surface area contributed by atoms with Gasteiger partial charge in [-0.1, -0.05) is 19.1 Å². The van der Waals surface area contributed by atoms with Crippen LogP contribution >= 0.6 is 0 Å². The van der Waals surface area contributed by atoms with Crippen molar-refractivity contribution in [3.8, 4) is 0 Å². The van der Waals surface area contributed by atoms with Crippen LogP contribution in [-0.2, 0) is 14.8 Å². The summed E-state index contributed by atoms with van der Waals surface area (Å²) < 4.78 is 25.9. The van der Waals surface area contributed by atoms with Crippen molar-refractivity contribution in [1.29, 1.82) is 0 Å². The number of hydrogen-bond donors (Lipinski definition) is 3. The fourth-order valence-electron chi connectivity index (χ4n) is 1.57. The molecule has 106 valence electrons. The van der Waals surface area contributed by atoms with Gasteiger partial charge in [0, 0.05) is 12.5 Å². The van der Waals surface area contributed by atoms with Crippen molar-refractivity contribution in [3.05, 3.63) is 24.3 Å². The molecule has 1 aromatic rings. The smallest absolute Gasteiger partial charge is 0.242 e. The molecular formula is C12H19N3O3S. The number of para-hydroxylation sites is 1.